The lowest BCUT2D eigenvalue weighted by Crippen LogP contribution is -2.10. The van der Waals surface area contributed by atoms with E-state index in [1.165, 1.54) is 11.3 Å². The minimum atomic E-state index is 1.03. The van der Waals surface area contributed by atoms with Gasteiger partial charge in [0, 0.05) is 12.2 Å². The fourth-order valence-electron chi connectivity index (χ4n) is 0.681. The van der Waals surface area contributed by atoms with Crippen LogP contribution in [0.25, 0.3) is 0 Å². The van der Waals surface area contributed by atoms with Crippen molar-refractivity contribution >= 4 is 0 Å². The fourth-order valence-corrected chi connectivity index (χ4v) is 0.681. The van der Waals surface area contributed by atoms with Crippen molar-refractivity contribution in [1.82, 2.24) is 5.32 Å². The molecule has 0 rings (SSSR count). The second-order valence-corrected chi connectivity index (χ2v) is 2.29. The summed E-state index contributed by atoms with van der Waals surface area (Å²) in [5, 5.41) is 3.28. The largest absolute Gasteiger partial charge is 0.389 e. The second-order valence-electron chi connectivity index (χ2n) is 2.29. The van der Waals surface area contributed by atoms with Gasteiger partial charge in [-0.3, -0.25) is 0 Å². The summed E-state index contributed by atoms with van der Waals surface area (Å²) in [5.74, 6) is 0. The molecule has 1 nitrogen and oxygen atoms in total. The number of hydrogen-bond acceptors (Lipinski definition) is 1. The van der Waals surface area contributed by atoms with E-state index in [4.69, 9.17) is 0 Å². The molecule has 0 amide bonds. The molecule has 0 aromatic heterocycles. The zero-order valence-electron chi connectivity index (χ0n) is 8.91. The third-order valence-electron chi connectivity index (χ3n) is 1.61. The van der Waals surface area contributed by atoms with Crippen molar-refractivity contribution in [2.24, 2.45) is 0 Å². The first kappa shape index (κ1) is 13.2. The molecule has 0 saturated heterocycles. The highest BCUT2D eigenvalue weighted by Crippen LogP contribution is 2.02. The molecule has 0 radical (unpaired) electrons. The van der Waals surface area contributed by atoms with E-state index in [1.807, 2.05) is 13.8 Å². The Morgan fingerprint density at radius 1 is 1.09 bits per heavy atom. The molecule has 0 fully saturated rings. The van der Waals surface area contributed by atoms with Gasteiger partial charge in [-0.25, -0.2) is 0 Å². The van der Waals surface area contributed by atoms with Crippen LogP contribution in [0, 0.1) is 0 Å². The van der Waals surface area contributed by atoms with E-state index in [-0.39, 0.29) is 0 Å². The summed E-state index contributed by atoms with van der Waals surface area (Å²) in [6.07, 6.45) is 1.15. The predicted octanol–water partition coefficient (Wildman–Crippen LogP) is 3.33. The Hall–Kier alpha value is -0.460. The van der Waals surface area contributed by atoms with E-state index in [9.17, 15) is 0 Å². The zero-order chi connectivity index (χ0) is 9.28. The van der Waals surface area contributed by atoms with Crippen molar-refractivity contribution in [2.45, 2.75) is 48.0 Å². The Morgan fingerprint density at radius 2 is 1.55 bits per heavy atom. The quantitative estimate of drug-likeness (QED) is 0.662. The van der Waals surface area contributed by atoms with E-state index in [1.54, 1.807) is 0 Å². The van der Waals surface area contributed by atoms with Crippen molar-refractivity contribution in [3.8, 4) is 0 Å². The summed E-state index contributed by atoms with van der Waals surface area (Å²) < 4.78 is 0. The van der Waals surface area contributed by atoms with Gasteiger partial charge in [-0.2, -0.15) is 0 Å². The molecule has 0 unspecified atom stereocenters. The predicted molar refractivity (Wildman–Crippen MR) is 53.7 cm³/mol. The maximum atomic E-state index is 3.28. The highest BCUT2D eigenvalue weighted by atomic mass is 14.9. The molecule has 0 heterocycles. The topological polar surface area (TPSA) is 12.0 Å². The maximum Gasteiger partial charge on any atom is 0.0115 e. The molecule has 0 aromatic carbocycles. The molecule has 0 saturated carbocycles. The van der Waals surface area contributed by atoms with Gasteiger partial charge in [0.15, 0.2) is 0 Å². The van der Waals surface area contributed by atoms with Crippen LogP contribution in [0.2, 0.25) is 0 Å². The number of nitrogens with one attached hydrogen (secondary N) is 1. The number of allylic oxidation sites excluding steroid dienone is 2. The van der Waals surface area contributed by atoms with Crippen LogP contribution in [0.4, 0.5) is 0 Å². The van der Waals surface area contributed by atoms with Crippen LogP contribution in [0.1, 0.15) is 48.0 Å². The average Bonchev–Trinajstić information content (AvgIpc) is 2.07. The molecule has 68 valence electrons. The Labute approximate surface area is 71.9 Å². The molecule has 0 spiro atoms. The Balaban J connectivity index is 0. The fraction of sp³-hybridized carbons (Fsp3) is 0.800. The van der Waals surface area contributed by atoms with Crippen LogP contribution in [0.5, 0.6) is 0 Å². The maximum absolute atomic E-state index is 3.28. The average molecular weight is 157 g/mol. The molecular weight excluding hydrogens is 134 g/mol. The first-order valence-electron chi connectivity index (χ1n) is 4.62. The molecule has 1 N–H and O–H groups in total. The molecule has 1 heteroatoms. The van der Waals surface area contributed by atoms with Crippen LogP contribution in [-0.4, -0.2) is 6.54 Å². The minimum absolute atomic E-state index is 1.03. The lowest BCUT2D eigenvalue weighted by atomic mass is 10.2. The SMILES string of the molecule is CC.CCN/C(C)=C(/C)CC. The van der Waals surface area contributed by atoms with Gasteiger partial charge in [-0.15, -0.1) is 0 Å². The van der Waals surface area contributed by atoms with Crippen LogP contribution < -0.4 is 5.32 Å². The Morgan fingerprint density at radius 3 is 1.82 bits per heavy atom. The molecule has 0 aliphatic heterocycles. The highest BCUT2D eigenvalue weighted by Gasteiger charge is 1.89. The van der Waals surface area contributed by atoms with E-state index in [0.29, 0.717) is 0 Å². The van der Waals surface area contributed by atoms with Gasteiger partial charge >= 0.3 is 0 Å². The molecule has 0 atom stereocenters. The molecule has 0 bridgehead atoms. The van der Waals surface area contributed by atoms with Gasteiger partial charge in [0.2, 0.25) is 0 Å². The van der Waals surface area contributed by atoms with Gasteiger partial charge in [0.05, 0.1) is 0 Å². The molecule has 0 aliphatic carbocycles. The van der Waals surface area contributed by atoms with Gasteiger partial charge in [0.25, 0.3) is 0 Å². The Bertz CT molecular complexity index is 103. The van der Waals surface area contributed by atoms with Crippen LogP contribution in [-0.2, 0) is 0 Å². The number of hydrogen-bond donors (Lipinski definition) is 1. The van der Waals surface area contributed by atoms with Crippen LogP contribution in [0.3, 0.4) is 0 Å². The van der Waals surface area contributed by atoms with E-state index in [2.05, 4.69) is 33.0 Å². The minimum Gasteiger partial charge on any atom is -0.389 e. The van der Waals surface area contributed by atoms with Crippen LogP contribution >= 0.6 is 0 Å². The van der Waals surface area contributed by atoms with Crippen molar-refractivity contribution in [3.63, 3.8) is 0 Å². The van der Waals surface area contributed by atoms with Gasteiger partial charge in [0.1, 0.15) is 0 Å². The second kappa shape index (κ2) is 9.54. The summed E-state index contributed by atoms with van der Waals surface area (Å²) in [4.78, 5) is 0. The lowest BCUT2D eigenvalue weighted by molar-refractivity contribution is 0.824. The molecule has 0 aromatic rings. The third kappa shape index (κ3) is 7.44. The monoisotopic (exact) mass is 157 g/mol. The summed E-state index contributed by atoms with van der Waals surface area (Å²) >= 11 is 0. The number of rotatable bonds is 3. The van der Waals surface area contributed by atoms with E-state index in [0.717, 1.165) is 13.0 Å². The van der Waals surface area contributed by atoms with Gasteiger partial charge < -0.3 is 5.32 Å². The summed E-state index contributed by atoms with van der Waals surface area (Å²) in [5.41, 5.74) is 2.79. The molecule has 11 heavy (non-hydrogen) atoms. The van der Waals surface area contributed by atoms with Crippen molar-refractivity contribution in [3.05, 3.63) is 11.3 Å². The van der Waals surface area contributed by atoms with Crippen LogP contribution in [0.15, 0.2) is 11.3 Å². The van der Waals surface area contributed by atoms with Gasteiger partial charge in [-0.05, 0) is 27.2 Å². The summed E-state index contributed by atoms with van der Waals surface area (Å²) in [7, 11) is 0. The summed E-state index contributed by atoms with van der Waals surface area (Å²) in [6, 6.07) is 0. The standard InChI is InChI=1S/C8H17N.C2H6/c1-5-7(3)8(4)9-6-2;1-2/h9H,5-6H2,1-4H3;1-2H3/b8-7-;. The van der Waals surface area contributed by atoms with Crippen molar-refractivity contribution < 1.29 is 0 Å². The molecule has 0 aliphatic rings. The molecular formula is C10H23N. The first-order chi connectivity index (χ1) is 5.22. The van der Waals surface area contributed by atoms with E-state index < -0.39 is 0 Å². The van der Waals surface area contributed by atoms with E-state index >= 15 is 0 Å². The first-order valence-corrected chi connectivity index (χ1v) is 4.62. The normalized spacial score (nSPS) is 11.1. The smallest absolute Gasteiger partial charge is 0.0115 e. The van der Waals surface area contributed by atoms with Crippen molar-refractivity contribution in [2.75, 3.05) is 6.54 Å². The zero-order valence-corrected chi connectivity index (χ0v) is 8.91. The van der Waals surface area contributed by atoms with Gasteiger partial charge in [-0.1, -0.05) is 26.3 Å². The lowest BCUT2D eigenvalue weighted by Gasteiger charge is -2.05. The third-order valence-corrected chi connectivity index (χ3v) is 1.61. The highest BCUT2D eigenvalue weighted by molar-refractivity contribution is 5.06. The Kier molecular flexibility index (Phi) is 11.4. The van der Waals surface area contributed by atoms with Crippen molar-refractivity contribution in [1.29, 1.82) is 0 Å². The summed E-state index contributed by atoms with van der Waals surface area (Å²) in [6.45, 7) is 13.6.